The zero-order valence-corrected chi connectivity index (χ0v) is 11.1. The highest BCUT2D eigenvalue weighted by Gasteiger charge is 2.36. The number of aromatic nitrogens is 2. The number of hydrogen-bond acceptors (Lipinski definition) is 5. The molecule has 1 aromatic rings. The van der Waals surface area contributed by atoms with E-state index in [-0.39, 0.29) is 12.1 Å². The van der Waals surface area contributed by atoms with E-state index < -0.39 is 0 Å². The SMILES string of the molecule is COC(c1noc(C2NCCCC2C)n1)C1CC1. The Morgan fingerprint density at radius 2 is 2.22 bits per heavy atom. The quantitative estimate of drug-likeness (QED) is 0.889. The molecule has 2 fully saturated rings. The van der Waals surface area contributed by atoms with Crippen molar-refractivity contribution in [2.75, 3.05) is 13.7 Å². The minimum atomic E-state index is 0.0152. The molecule has 18 heavy (non-hydrogen) atoms. The van der Waals surface area contributed by atoms with Crippen LogP contribution in [0.5, 0.6) is 0 Å². The summed E-state index contributed by atoms with van der Waals surface area (Å²) in [5.74, 6) is 2.57. The molecule has 3 unspecified atom stereocenters. The normalized spacial score (nSPS) is 30.3. The zero-order chi connectivity index (χ0) is 12.5. The lowest BCUT2D eigenvalue weighted by Crippen LogP contribution is -2.33. The van der Waals surface area contributed by atoms with Crippen molar-refractivity contribution >= 4 is 0 Å². The van der Waals surface area contributed by atoms with E-state index in [1.807, 2.05) is 0 Å². The fraction of sp³-hybridized carbons (Fsp3) is 0.846. The van der Waals surface area contributed by atoms with Gasteiger partial charge >= 0.3 is 0 Å². The van der Waals surface area contributed by atoms with Crippen molar-refractivity contribution in [1.29, 1.82) is 0 Å². The minimum absolute atomic E-state index is 0.0152. The number of hydrogen-bond donors (Lipinski definition) is 1. The van der Waals surface area contributed by atoms with Crippen LogP contribution in [0.4, 0.5) is 0 Å². The van der Waals surface area contributed by atoms with Gasteiger partial charge in [0, 0.05) is 7.11 Å². The van der Waals surface area contributed by atoms with Crippen LogP contribution in [0.15, 0.2) is 4.52 Å². The van der Waals surface area contributed by atoms with Gasteiger partial charge in [0.05, 0.1) is 6.04 Å². The van der Waals surface area contributed by atoms with E-state index in [1.165, 1.54) is 25.7 Å². The van der Waals surface area contributed by atoms with Crippen LogP contribution in [-0.4, -0.2) is 23.8 Å². The Balaban J connectivity index is 1.75. The van der Waals surface area contributed by atoms with E-state index in [0.29, 0.717) is 11.8 Å². The van der Waals surface area contributed by atoms with Crippen molar-refractivity contribution in [1.82, 2.24) is 15.5 Å². The van der Waals surface area contributed by atoms with Crippen molar-refractivity contribution in [2.24, 2.45) is 11.8 Å². The van der Waals surface area contributed by atoms with Gasteiger partial charge in [-0.2, -0.15) is 4.98 Å². The summed E-state index contributed by atoms with van der Waals surface area (Å²) in [4.78, 5) is 4.55. The summed E-state index contributed by atoms with van der Waals surface area (Å²) in [7, 11) is 1.72. The molecule has 100 valence electrons. The molecule has 0 amide bonds. The van der Waals surface area contributed by atoms with Gasteiger partial charge in [-0.1, -0.05) is 12.1 Å². The van der Waals surface area contributed by atoms with E-state index in [4.69, 9.17) is 9.26 Å². The largest absolute Gasteiger partial charge is 0.373 e. The third kappa shape index (κ3) is 2.29. The predicted molar refractivity (Wildman–Crippen MR) is 65.9 cm³/mol. The minimum Gasteiger partial charge on any atom is -0.373 e. The van der Waals surface area contributed by atoms with Crippen LogP contribution in [0, 0.1) is 11.8 Å². The van der Waals surface area contributed by atoms with Crippen LogP contribution >= 0.6 is 0 Å². The van der Waals surface area contributed by atoms with Gasteiger partial charge in [0.15, 0.2) is 0 Å². The van der Waals surface area contributed by atoms with Crippen molar-refractivity contribution in [3.8, 4) is 0 Å². The smallest absolute Gasteiger partial charge is 0.244 e. The third-order valence-corrected chi connectivity index (χ3v) is 4.05. The second-order valence-corrected chi connectivity index (χ2v) is 5.54. The molecule has 1 aromatic heterocycles. The van der Waals surface area contributed by atoms with E-state index in [1.54, 1.807) is 7.11 Å². The van der Waals surface area contributed by atoms with Gasteiger partial charge in [-0.3, -0.25) is 0 Å². The Bertz CT molecular complexity index is 403. The van der Waals surface area contributed by atoms with Crippen LogP contribution in [0.25, 0.3) is 0 Å². The molecule has 1 aliphatic carbocycles. The van der Waals surface area contributed by atoms with E-state index >= 15 is 0 Å². The molecule has 0 aromatic carbocycles. The summed E-state index contributed by atoms with van der Waals surface area (Å²) >= 11 is 0. The molecule has 1 saturated heterocycles. The van der Waals surface area contributed by atoms with Gasteiger partial charge in [0.2, 0.25) is 11.7 Å². The van der Waals surface area contributed by atoms with E-state index in [0.717, 1.165) is 18.3 Å². The summed E-state index contributed by atoms with van der Waals surface area (Å²) in [5, 5.41) is 7.57. The number of methoxy groups -OCH3 is 1. The average Bonchev–Trinajstić information content (AvgIpc) is 3.09. The Labute approximate surface area is 107 Å². The van der Waals surface area contributed by atoms with Crippen LogP contribution in [0.1, 0.15) is 56.5 Å². The van der Waals surface area contributed by atoms with Crippen molar-refractivity contribution in [3.63, 3.8) is 0 Å². The van der Waals surface area contributed by atoms with Crippen molar-refractivity contribution in [3.05, 3.63) is 11.7 Å². The van der Waals surface area contributed by atoms with Crippen LogP contribution in [0.2, 0.25) is 0 Å². The fourth-order valence-corrected chi connectivity index (χ4v) is 2.78. The number of piperidine rings is 1. The monoisotopic (exact) mass is 251 g/mol. The molecule has 5 heteroatoms. The lowest BCUT2D eigenvalue weighted by atomic mass is 9.93. The number of nitrogens with zero attached hydrogens (tertiary/aromatic N) is 2. The van der Waals surface area contributed by atoms with Crippen molar-refractivity contribution in [2.45, 2.75) is 44.8 Å². The number of ether oxygens (including phenoxy) is 1. The molecule has 2 heterocycles. The van der Waals surface area contributed by atoms with Gasteiger partial charge in [-0.05, 0) is 44.1 Å². The highest BCUT2D eigenvalue weighted by Crippen LogP contribution is 2.42. The number of nitrogens with one attached hydrogen (secondary N) is 1. The summed E-state index contributed by atoms with van der Waals surface area (Å²) in [6.07, 6.45) is 4.87. The zero-order valence-electron chi connectivity index (χ0n) is 11.1. The first-order chi connectivity index (χ1) is 8.79. The molecule has 2 aliphatic rings. The van der Waals surface area contributed by atoms with Gasteiger partial charge in [0.25, 0.3) is 0 Å². The third-order valence-electron chi connectivity index (χ3n) is 4.05. The Hall–Kier alpha value is -0.940. The summed E-state index contributed by atoms with van der Waals surface area (Å²) in [6.45, 7) is 3.26. The topological polar surface area (TPSA) is 60.2 Å². The lowest BCUT2D eigenvalue weighted by Gasteiger charge is -2.26. The molecule has 1 N–H and O–H groups in total. The molecule has 0 spiro atoms. The van der Waals surface area contributed by atoms with Crippen LogP contribution < -0.4 is 5.32 Å². The maximum Gasteiger partial charge on any atom is 0.244 e. The van der Waals surface area contributed by atoms with Gasteiger partial charge in [0.1, 0.15) is 6.10 Å². The van der Waals surface area contributed by atoms with E-state index in [2.05, 4.69) is 22.4 Å². The first-order valence-electron chi connectivity index (χ1n) is 6.89. The first-order valence-corrected chi connectivity index (χ1v) is 6.89. The molecule has 1 saturated carbocycles. The summed E-state index contributed by atoms with van der Waals surface area (Å²) < 4.78 is 10.9. The molecular weight excluding hydrogens is 230 g/mol. The molecule has 1 aliphatic heterocycles. The maximum absolute atomic E-state index is 5.48. The van der Waals surface area contributed by atoms with E-state index in [9.17, 15) is 0 Å². The maximum atomic E-state index is 5.48. The van der Waals surface area contributed by atoms with Crippen LogP contribution in [0.3, 0.4) is 0 Å². The highest BCUT2D eigenvalue weighted by molar-refractivity contribution is 5.02. The molecule has 0 bridgehead atoms. The predicted octanol–water partition coefficient (Wildman–Crippen LogP) is 2.23. The molecule has 5 nitrogen and oxygen atoms in total. The average molecular weight is 251 g/mol. The summed E-state index contributed by atoms with van der Waals surface area (Å²) in [5.41, 5.74) is 0. The Kier molecular flexibility index (Phi) is 3.35. The second kappa shape index (κ2) is 4.97. The summed E-state index contributed by atoms with van der Waals surface area (Å²) in [6, 6.07) is 0.205. The standard InChI is InChI=1S/C13H21N3O2/c1-8-4-3-7-14-10(8)13-15-12(16-18-13)11(17-2)9-5-6-9/h8-11,14H,3-7H2,1-2H3. The van der Waals surface area contributed by atoms with Gasteiger partial charge in [-0.25, -0.2) is 0 Å². The first kappa shape index (κ1) is 12.1. The van der Waals surface area contributed by atoms with Gasteiger partial charge in [-0.15, -0.1) is 0 Å². The van der Waals surface area contributed by atoms with Gasteiger partial charge < -0.3 is 14.6 Å². The highest BCUT2D eigenvalue weighted by atomic mass is 16.5. The molecule has 3 atom stereocenters. The Morgan fingerprint density at radius 1 is 1.39 bits per heavy atom. The lowest BCUT2D eigenvalue weighted by molar-refractivity contribution is 0.0751. The molecule has 0 radical (unpaired) electrons. The Morgan fingerprint density at radius 3 is 2.89 bits per heavy atom. The fourth-order valence-electron chi connectivity index (χ4n) is 2.78. The van der Waals surface area contributed by atoms with Crippen molar-refractivity contribution < 1.29 is 9.26 Å². The molecule has 3 rings (SSSR count). The number of rotatable bonds is 4. The molecular formula is C13H21N3O2. The second-order valence-electron chi connectivity index (χ2n) is 5.54. The van der Waals surface area contributed by atoms with Crippen LogP contribution in [-0.2, 0) is 4.74 Å².